The fourth-order valence-corrected chi connectivity index (χ4v) is 2.69. The van der Waals surface area contributed by atoms with Crippen LogP contribution in [0.1, 0.15) is 30.2 Å². The average Bonchev–Trinajstić information content (AvgIpc) is 2.93. The number of anilines is 1. The highest BCUT2D eigenvalue weighted by Crippen LogP contribution is 2.29. The van der Waals surface area contributed by atoms with Crippen LogP contribution >= 0.6 is 11.3 Å². The minimum Gasteiger partial charge on any atom is -0.351 e. The molecule has 2 amide bonds. The van der Waals surface area contributed by atoms with Crippen LogP contribution in [0.2, 0.25) is 0 Å². The Balaban J connectivity index is 2.33. The van der Waals surface area contributed by atoms with Crippen LogP contribution in [0.4, 0.5) is 23.1 Å². The van der Waals surface area contributed by atoms with Crippen LogP contribution in [0.3, 0.4) is 0 Å². The Labute approximate surface area is 129 Å². The van der Waals surface area contributed by atoms with Crippen molar-refractivity contribution >= 4 is 22.5 Å². The van der Waals surface area contributed by atoms with Gasteiger partial charge in [-0.1, -0.05) is 19.9 Å². The molecule has 0 aliphatic heterocycles. The van der Waals surface area contributed by atoms with E-state index >= 15 is 0 Å². The number of carbonyl (C=O) groups excluding carboxylic acids is 1. The summed E-state index contributed by atoms with van der Waals surface area (Å²) in [4.78, 5) is 17.6. The summed E-state index contributed by atoms with van der Waals surface area (Å²) in [7, 11) is 0. The van der Waals surface area contributed by atoms with Gasteiger partial charge in [-0.05, 0) is 12.0 Å². The molecular formula is C14H14F3N3OS. The predicted octanol–water partition coefficient (Wildman–Crippen LogP) is 3.77. The minimum atomic E-state index is -1.58. The largest absolute Gasteiger partial charge is 0.351 e. The first-order valence-electron chi connectivity index (χ1n) is 6.46. The zero-order valence-corrected chi connectivity index (χ0v) is 12.8. The van der Waals surface area contributed by atoms with Crippen molar-refractivity contribution in [3.8, 4) is 0 Å². The minimum absolute atomic E-state index is 0.181. The molecule has 0 fully saturated rings. The summed E-state index contributed by atoms with van der Waals surface area (Å²) >= 11 is 1.23. The Morgan fingerprint density at radius 2 is 2.00 bits per heavy atom. The Bertz CT molecular complexity index is 703. The molecule has 0 saturated carbocycles. The van der Waals surface area contributed by atoms with E-state index in [1.165, 1.54) is 11.3 Å². The summed E-state index contributed by atoms with van der Waals surface area (Å²) in [6.07, 6.45) is 1.60. The van der Waals surface area contributed by atoms with Crippen molar-refractivity contribution in [2.24, 2.45) is 5.73 Å². The Morgan fingerprint density at radius 3 is 2.55 bits per heavy atom. The average molecular weight is 329 g/mol. The highest BCUT2D eigenvalue weighted by atomic mass is 32.1. The molecule has 22 heavy (non-hydrogen) atoms. The van der Waals surface area contributed by atoms with Gasteiger partial charge in [0.2, 0.25) is 0 Å². The molecule has 0 aliphatic rings. The number of nitrogens with zero attached hydrogens (tertiary/aromatic N) is 2. The molecule has 8 heteroatoms. The Kier molecular flexibility index (Phi) is 4.70. The molecule has 4 nitrogen and oxygen atoms in total. The number of hydrogen-bond acceptors (Lipinski definition) is 3. The van der Waals surface area contributed by atoms with E-state index in [9.17, 15) is 18.0 Å². The van der Waals surface area contributed by atoms with Crippen LogP contribution in [0.25, 0.3) is 0 Å². The molecule has 0 unspecified atom stereocenters. The number of nitrogens with two attached hydrogens (primary N) is 1. The fraction of sp³-hybridized carbons (Fsp3) is 0.286. The lowest BCUT2D eigenvalue weighted by Crippen LogP contribution is -2.35. The van der Waals surface area contributed by atoms with Crippen molar-refractivity contribution in [1.29, 1.82) is 0 Å². The molecule has 0 atom stereocenters. The molecule has 2 N–H and O–H groups in total. The van der Waals surface area contributed by atoms with E-state index in [0.717, 1.165) is 21.9 Å². The standard InChI is InChI=1S/C14H14F3N3OS/c1-7(2)10-5-19-14(22-10)20(13(18)21)6-8-3-4-9(15)12(17)11(8)16/h3-5,7H,6H2,1-2H3,(H2,18,21). The van der Waals surface area contributed by atoms with E-state index in [2.05, 4.69) is 4.98 Å². The van der Waals surface area contributed by atoms with Gasteiger partial charge in [0.25, 0.3) is 0 Å². The second-order valence-electron chi connectivity index (χ2n) is 4.96. The summed E-state index contributed by atoms with van der Waals surface area (Å²) < 4.78 is 39.9. The van der Waals surface area contributed by atoms with Gasteiger partial charge in [0.15, 0.2) is 22.6 Å². The normalized spacial score (nSPS) is 11.0. The number of hydrogen-bond donors (Lipinski definition) is 1. The molecule has 1 aromatic carbocycles. The van der Waals surface area contributed by atoms with Crippen molar-refractivity contribution in [3.63, 3.8) is 0 Å². The van der Waals surface area contributed by atoms with Gasteiger partial charge in [0.1, 0.15) is 0 Å². The van der Waals surface area contributed by atoms with Crippen LogP contribution in [0.15, 0.2) is 18.3 Å². The number of primary amides is 1. The van der Waals surface area contributed by atoms with Gasteiger partial charge in [0.05, 0.1) is 6.54 Å². The second-order valence-corrected chi connectivity index (χ2v) is 6.00. The first-order chi connectivity index (χ1) is 10.3. The van der Waals surface area contributed by atoms with Gasteiger partial charge in [0, 0.05) is 16.6 Å². The topological polar surface area (TPSA) is 59.2 Å². The smallest absolute Gasteiger partial charge is 0.321 e. The van der Waals surface area contributed by atoms with Crippen molar-refractivity contribution < 1.29 is 18.0 Å². The molecule has 0 aliphatic carbocycles. The maximum Gasteiger partial charge on any atom is 0.321 e. The van der Waals surface area contributed by atoms with Crippen molar-refractivity contribution in [3.05, 3.63) is 46.2 Å². The number of thiazole rings is 1. The highest BCUT2D eigenvalue weighted by molar-refractivity contribution is 7.15. The van der Waals surface area contributed by atoms with E-state index in [0.29, 0.717) is 0 Å². The number of carbonyl (C=O) groups is 1. The van der Waals surface area contributed by atoms with Gasteiger partial charge in [-0.2, -0.15) is 0 Å². The van der Waals surface area contributed by atoms with Gasteiger partial charge in [-0.25, -0.2) is 22.9 Å². The van der Waals surface area contributed by atoms with Gasteiger partial charge < -0.3 is 5.73 Å². The third-order valence-corrected chi connectivity index (χ3v) is 4.34. The fourth-order valence-electron chi connectivity index (χ4n) is 1.77. The molecule has 0 spiro atoms. The van der Waals surface area contributed by atoms with Crippen LogP contribution in [0.5, 0.6) is 0 Å². The number of amides is 2. The summed E-state index contributed by atoms with van der Waals surface area (Å²) in [5.41, 5.74) is 5.10. The van der Waals surface area contributed by atoms with Crippen LogP contribution in [0, 0.1) is 17.5 Å². The van der Waals surface area contributed by atoms with Crippen LogP contribution < -0.4 is 10.6 Å². The van der Waals surface area contributed by atoms with E-state index in [-0.39, 0.29) is 23.2 Å². The third kappa shape index (κ3) is 3.22. The molecule has 0 radical (unpaired) electrons. The number of halogens is 3. The maximum atomic E-state index is 13.7. The summed E-state index contributed by atoms with van der Waals surface area (Å²) in [5.74, 6) is -4.00. The second kappa shape index (κ2) is 6.35. The molecule has 2 aromatic rings. The zero-order chi connectivity index (χ0) is 16.4. The van der Waals surface area contributed by atoms with Crippen molar-refractivity contribution in [1.82, 2.24) is 4.98 Å². The van der Waals surface area contributed by atoms with E-state index in [1.807, 2.05) is 13.8 Å². The Morgan fingerprint density at radius 1 is 1.32 bits per heavy atom. The van der Waals surface area contributed by atoms with E-state index in [1.54, 1.807) is 6.20 Å². The molecule has 1 aromatic heterocycles. The lowest BCUT2D eigenvalue weighted by molar-refractivity contribution is 0.253. The number of urea groups is 1. The summed E-state index contributed by atoms with van der Waals surface area (Å²) in [6, 6.07) is 1.02. The molecular weight excluding hydrogens is 315 g/mol. The number of benzene rings is 1. The highest BCUT2D eigenvalue weighted by Gasteiger charge is 2.21. The van der Waals surface area contributed by atoms with Crippen LogP contribution in [-0.2, 0) is 6.54 Å². The lowest BCUT2D eigenvalue weighted by atomic mass is 10.2. The SMILES string of the molecule is CC(C)c1cnc(N(Cc2ccc(F)c(F)c2F)C(N)=O)s1. The first kappa shape index (κ1) is 16.3. The summed E-state index contributed by atoms with van der Waals surface area (Å²) in [6.45, 7) is 3.59. The lowest BCUT2D eigenvalue weighted by Gasteiger charge is -2.17. The monoisotopic (exact) mass is 329 g/mol. The van der Waals surface area contributed by atoms with Crippen molar-refractivity contribution in [2.45, 2.75) is 26.3 Å². The van der Waals surface area contributed by atoms with Gasteiger partial charge >= 0.3 is 6.03 Å². The molecule has 1 heterocycles. The number of aromatic nitrogens is 1. The zero-order valence-electron chi connectivity index (χ0n) is 11.9. The predicted molar refractivity (Wildman–Crippen MR) is 78.3 cm³/mol. The number of rotatable bonds is 4. The first-order valence-corrected chi connectivity index (χ1v) is 7.28. The van der Waals surface area contributed by atoms with E-state index < -0.39 is 23.5 Å². The molecule has 0 saturated heterocycles. The summed E-state index contributed by atoms with van der Waals surface area (Å²) in [5, 5.41) is 0.278. The van der Waals surface area contributed by atoms with Crippen LogP contribution in [-0.4, -0.2) is 11.0 Å². The van der Waals surface area contributed by atoms with E-state index in [4.69, 9.17) is 5.73 Å². The maximum absolute atomic E-state index is 13.7. The quantitative estimate of drug-likeness (QED) is 0.868. The van der Waals surface area contributed by atoms with Crippen molar-refractivity contribution in [2.75, 3.05) is 4.90 Å². The molecule has 2 rings (SSSR count). The molecule has 118 valence electrons. The Hall–Kier alpha value is -2.09. The third-order valence-electron chi connectivity index (χ3n) is 3.02. The van der Waals surface area contributed by atoms with Gasteiger partial charge in [-0.15, -0.1) is 11.3 Å². The van der Waals surface area contributed by atoms with Gasteiger partial charge in [-0.3, -0.25) is 4.90 Å². The molecule has 0 bridgehead atoms.